The molecule has 1 aromatic rings. The molecular weight excluding hydrogens is 282 g/mol. The summed E-state index contributed by atoms with van der Waals surface area (Å²) in [5.41, 5.74) is 1.76. The third-order valence-corrected chi connectivity index (χ3v) is 3.83. The summed E-state index contributed by atoms with van der Waals surface area (Å²) >= 11 is 0. The molecule has 0 bridgehead atoms. The lowest BCUT2D eigenvalue weighted by Gasteiger charge is -2.26. The van der Waals surface area contributed by atoms with Crippen molar-refractivity contribution in [2.24, 2.45) is 0 Å². The third kappa shape index (κ3) is 4.49. The maximum absolute atomic E-state index is 10.7. The number of allylic oxidation sites excluding steroid dienone is 1. The van der Waals surface area contributed by atoms with E-state index in [-0.39, 0.29) is 12.2 Å². The van der Waals surface area contributed by atoms with Crippen molar-refractivity contribution in [2.75, 3.05) is 7.05 Å². The van der Waals surface area contributed by atoms with Gasteiger partial charge >= 0.3 is 0 Å². The van der Waals surface area contributed by atoms with Crippen LogP contribution in [0.4, 0.5) is 0 Å². The van der Waals surface area contributed by atoms with Gasteiger partial charge in [-0.1, -0.05) is 0 Å². The zero-order valence-corrected chi connectivity index (χ0v) is 13.0. The van der Waals surface area contributed by atoms with Crippen LogP contribution in [0.25, 0.3) is 6.08 Å². The van der Waals surface area contributed by atoms with Gasteiger partial charge in [-0.05, 0) is 44.4 Å². The lowest BCUT2D eigenvalue weighted by atomic mass is 9.95. The van der Waals surface area contributed by atoms with Gasteiger partial charge in [0.25, 0.3) is 6.47 Å². The molecular formula is C17H23NO4. The molecule has 2 rings (SSSR count). The highest BCUT2D eigenvalue weighted by atomic mass is 16.5. The van der Waals surface area contributed by atoms with E-state index in [1.54, 1.807) is 6.07 Å². The van der Waals surface area contributed by atoms with Crippen LogP contribution in [0.15, 0.2) is 23.9 Å². The molecule has 1 aliphatic rings. The van der Waals surface area contributed by atoms with Crippen molar-refractivity contribution in [3.8, 4) is 11.5 Å². The average Bonchev–Trinajstić information content (AvgIpc) is 2.50. The predicted octanol–water partition coefficient (Wildman–Crippen LogP) is 2.48. The van der Waals surface area contributed by atoms with E-state index in [0.29, 0.717) is 24.4 Å². The van der Waals surface area contributed by atoms with Gasteiger partial charge in [0.1, 0.15) is 17.6 Å². The molecule has 0 aromatic heterocycles. The predicted molar refractivity (Wildman–Crippen MR) is 84.7 cm³/mol. The third-order valence-electron chi connectivity index (χ3n) is 3.83. The van der Waals surface area contributed by atoms with Gasteiger partial charge in [0.05, 0.1) is 6.10 Å². The molecule has 1 saturated carbocycles. The molecule has 22 heavy (non-hydrogen) atoms. The molecule has 0 spiro atoms. The number of carbonyl (C=O) groups is 1. The number of benzene rings is 1. The molecule has 0 radical (unpaired) electrons. The number of nitrogens with one attached hydrogen (secondary N) is 1. The van der Waals surface area contributed by atoms with Crippen LogP contribution >= 0.6 is 0 Å². The maximum Gasteiger partial charge on any atom is 0.298 e. The number of rotatable bonds is 6. The number of hydrogen-bond donors (Lipinski definition) is 2. The number of hydrogen-bond acceptors (Lipinski definition) is 5. The van der Waals surface area contributed by atoms with Gasteiger partial charge in [0, 0.05) is 30.8 Å². The SMILES string of the molecule is CN/C(C)=C/c1ccc(OC2CCCC(O)C2)cc1OC=O. The van der Waals surface area contributed by atoms with Crippen LogP contribution in [0.1, 0.15) is 38.2 Å². The first-order valence-corrected chi connectivity index (χ1v) is 7.57. The Hall–Kier alpha value is -2.01. The van der Waals surface area contributed by atoms with Crippen LogP contribution in [0.5, 0.6) is 11.5 Å². The second-order valence-electron chi connectivity index (χ2n) is 5.55. The standard InChI is InChI=1S/C17H23NO4/c1-12(18-2)8-13-6-7-16(10-17(13)21-11-19)22-15-5-3-4-14(20)9-15/h6-8,10-11,14-15,18,20H,3-5,9H2,1-2H3/b12-8+. The first-order chi connectivity index (χ1) is 10.6. The summed E-state index contributed by atoms with van der Waals surface area (Å²) in [7, 11) is 1.83. The van der Waals surface area contributed by atoms with Crippen LogP contribution in [0.2, 0.25) is 0 Å². The van der Waals surface area contributed by atoms with Crippen molar-refractivity contribution in [2.45, 2.75) is 44.8 Å². The summed E-state index contributed by atoms with van der Waals surface area (Å²) in [6, 6.07) is 5.42. The van der Waals surface area contributed by atoms with E-state index in [2.05, 4.69) is 5.32 Å². The first kappa shape index (κ1) is 16.4. The van der Waals surface area contributed by atoms with E-state index in [1.807, 2.05) is 32.2 Å². The number of aliphatic hydroxyl groups excluding tert-OH is 1. The van der Waals surface area contributed by atoms with E-state index in [1.165, 1.54) is 0 Å². The number of ether oxygens (including phenoxy) is 2. The van der Waals surface area contributed by atoms with E-state index >= 15 is 0 Å². The smallest absolute Gasteiger partial charge is 0.298 e. The Morgan fingerprint density at radius 1 is 1.41 bits per heavy atom. The quantitative estimate of drug-likeness (QED) is 0.790. The van der Waals surface area contributed by atoms with E-state index in [9.17, 15) is 9.90 Å². The van der Waals surface area contributed by atoms with E-state index in [0.717, 1.165) is 30.5 Å². The Morgan fingerprint density at radius 3 is 2.91 bits per heavy atom. The van der Waals surface area contributed by atoms with E-state index in [4.69, 9.17) is 9.47 Å². The monoisotopic (exact) mass is 305 g/mol. The lowest BCUT2D eigenvalue weighted by Crippen LogP contribution is -2.28. The minimum atomic E-state index is -0.287. The summed E-state index contributed by atoms with van der Waals surface area (Å²) in [4.78, 5) is 10.7. The van der Waals surface area contributed by atoms with Gasteiger partial charge in [-0.3, -0.25) is 4.79 Å². The van der Waals surface area contributed by atoms with Gasteiger partial charge in [-0.2, -0.15) is 0 Å². The molecule has 1 aliphatic carbocycles. The molecule has 2 atom stereocenters. The molecule has 120 valence electrons. The van der Waals surface area contributed by atoms with Crippen molar-refractivity contribution in [3.05, 3.63) is 29.5 Å². The van der Waals surface area contributed by atoms with Crippen LogP contribution in [0.3, 0.4) is 0 Å². The fourth-order valence-corrected chi connectivity index (χ4v) is 2.59. The molecule has 0 aliphatic heterocycles. The fourth-order valence-electron chi connectivity index (χ4n) is 2.59. The van der Waals surface area contributed by atoms with Crippen LogP contribution in [-0.4, -0.2) is 30.8 Å². The lowest BCUT2D eigenvalue weighted by molar-refractivity contribution is -0.120. The topological polar surface area (TPSA) is 67.8 Å². The van der Waals surface area contributed by atoms with Crippen molar-refractivity contribution >= 4 is 12.5 Å². The Morgan fingerprint density at radius 2 is 2.23 bits per heavy atom. The Labute approximate surface area is 130 Å². The highest BCUT2D eigenvalue weighted by Crippen LogP contribution is 2.29. The average molecular weight is 305 g/mol. The highest BCUT2D eigenvalue weighted by molar-refractivity contribution is 5.63. The molecule has 1 aromatic carbocycles. The first-order valence-electron chi connectivity index (χ1n) is 7.57. The zero-order valence-electron chi connectivity index (χ0n) is 13.0. The summed E-state index contributed by atoms with van der Waals surface area (Å²) in [5, 5.41) is 12.7. The van der Waals surface area contributed by atoms with Gasteiger partial charge < -0.3 is 19.9 Å². The Balaban J connectivity index is 2.15. The maximum atomic E-state index is 10.7. The van der Waals surface area contributed by atoms with Crippen molar-refractivity contribution in [1.82, 2.24) is 5.32 Å². The second-order valence-corrected chi connectivity index (χ2v) is 5.55. The molecule has 5 nitrogen and oxygen atoms in total. The van der Waals surface area contributed by atoms with Gasteiger partial charge in [-0.25, -0.2) is 0 Å². The second kappa shape index (κ2) is 7.84. The summed E-state index contributed by atoms with van der Waals surface area (Å²) < 4.78 is 11.0. The Kier molecular flexibility index (Phi) is 5.83. The van der Waals surface area contributed by atoms with Crippen LogP contribution in [0, 0.1) is 0 Å². The summed E-state index contributed by atoms with van der Waals surface area (Å²) in [6.07, 6.45) is 5.00. The Bertz CT molecular complexity index is 541. The van der Waals surface area contributed by atoms with Crippen LogP contribution in [-0.2, 0) is 4.79 Å². The fraction of sp³-hybridized carbons (Fsp3) is 0.471. The van der Waals surface area contributed by atoms with Crippen LogP contribution < -0.4 is 14.8 Å². The molecule has 2 N–H and O–H groups in total. The molecule has 0 amide bonds. The molecule has 1 fully saturated rings. The largest absolute Gasteiger partial charge is 0.490 e. The van der Waals surface area contributed by atoms with Gasteiger partial charge in [-0.15, -0.1) is 0 Å². The number of aliphatic hydroxyl groups is 1. The summed E-state index contributed by atoms with van der Waals surface area (Å²) in [6.45, 7) is 2.34. The molecule has 0 heterocycles. The zero-order chi connectivity index (χ0) is 15.9. The van der Waals surface area contributed by atoms with Crippen molar-refractivity contribution < 1.29 is 19.4 Å². The van der Waals surface area contributed by atoms with E-state index < -0.39 is 0 Å². The molecule has 0 saturated heterocycles. The highest BCUT2D eigenvalue weighted by Gasteiger charge is 2.21. The normalized spacial score (nSPS) is 22.0. The minimum Gasteiger partial charge on any atom is -0.490 e. The molecule has 5 heteroatoms. The minimum absolute atomic E-state index is 0.00766. The van der Waals surface area contributed by atoms with Crippen molar-refractivity contribution in [1.29, 1.82) is 0 Å². The van der Waals surface area contributed by atoms with Crippen molar-refractivity contribution in [3.63, 3.8) is 0 Å². The van der Waals surface area contributed by atoms with Gasteiger partial charge in [0.2, 0.25) is 0 Å². The molecule has 2 unspecified atom stereocenters. The summed E-state index contributed by atoms with van der Waals surface area (Å²) in [5.74, 6) is 1.11. The van der Waals surface area contributed by atoms with Gasteiger partial charge in [0.15, 0.2) is 0 Å². The number of carbonyl (C=O) groups excluding carboxylic acids is 1.